The summed E-state index contributed by atoms with van der Waals surface area (Å²) in [6.45, 7) is 4.23. The van der Waals surface area contributed by atoms with Crippen LogP contribution in [0.1, 0.15) is 22.4 Å². The van der Waals surface area contributed by atoms with Crippen molar-refractivity contribution in [3.05, 3.63) is 63.3 Å². The first-order chi connectivity index (χ1) is 9.25. The van der Waals surface area contributed by atoms with Crippen molar-refractivity contribution < 1.29 is 0 Å². The summed E-state index contributed by atoms with van der Waals surface area (Å²) in [6.07, 6.45) is 2.44. The Hall–Kier alpha value is -1.94. The van der Waals surface area contributed by atoms with Gasteiger partial charge in [-0.15, -0.1) is 0 Å². The first-order valence-electron chi connectivity index (χ1n) is 6.58. The van der Waals surface area contributed by atoms with Crippen molar-refractivity contribution in [1.29, 1.82) is 0 Å². The Labute approximate surface area is 112 Å². The van der Waals surface area contributed by atoms with E-state index in [4.69, 9.17) is 0 Å². The van der Waals surface area contributed by atoms with Gasteiger partial charge in [0.1, 0.15) is 0 Å². The predicted molar refractivity (Wildman–Crippen MR) is 74.2 cm³/mol. The third-order valence-corrected chi connectivity index (χ3v) is 3.67. The molecule has 1 aliphatic heterocycles. The van der Waals surface area contributed by atoms with E-state index in [0.717, 1.165) is 24.2 Å². The van der Waals surface area contributed by atoms with Gasteiger partial charge in [0, 0.05) is 12.1 Å². The number of benzene rings is 1. The number of fused-ring (bicyclic) bond motifs is 1. The fourth-order valence-corrected chi connectivity index (χ4v) is 2.47. The molecule has 98 valence electrons. The topological polar surface area (TPSA) is 46.9 Å². The highest BCUT2D eigenvalue weighted by atomic mass is 16.1. The second-order valence-corrected chi connectivity index (χ2v) is 4.96. The molecule has 19 heavy (non-hydrogen) atoms. The lowest BCUT2D eigenvalue weighted by Crippen LogP contribution is -2.34. The predicted octanol–water partition coefficient (Wildman–Crippen LogP) is 1.25. The molecule has 0 saturated heterocycles. The zero-order valence-electron chi connectivity index (χ0n) is 11.0. The standard InChI is InChI=1S/C15H17N3O/c1-11-4-2-3-5-12(11)9-18-10-17-14-8-16-7-6-13(14)15(18)19/h2-5,10,16H,6-9H2,1H3. The van der Waals surface area contributed by atoms with Crippen LogP contribution in [0.3, 0.4) is 0 Å². The van der Waals surface area contributed by atoms with E-state index in [1.165, 1.54) is 11.1 Å². The fraction of sp³-hybridized carbons (Fsp3) is 0.333. The second kappa shape index (κ2) is 4.97. The van der Waals surface area contributed by atoms with Crippen LogP contribution in [-0.4, -0.2) is 16.1 Å². The molecular formula is C15H17N3O. The molecule has 4 heteroatoms. The third kappa shape index (κ3) is 2.31. The second-order valence-electron chi connectivity index (χ2n) is 4.96. The molecule has 1 N–H and O–H groups in total. The van der Waals surface area contributed by atoms with Gasteiger partial charge in [0.05, 0.1) is 18.6 Å². The van der Waals surface area contributed by atoms with E-state index in [9.17, 15) is 4.79 Å². The van der Waals surface area contributed by atoms with Gasteiger partial charge in [-0.2, -0.15) is 0 Å². The van der Waals surface area contributed by atoms with Crippen molar-refractivity contribution in [1.82, 2.24) is 14.9 Å². The minimum atomic E-state index is 0.106. The summed E-state index contributed by atoms with van der Waals surface area (Å²) in [5.74, 6) is 0. The molecule has 2 aromatic rings. The highest BCUT2D eigenvalue weighted by molar-refractivity contribution is 5.26. The molecule has 0 spiro atoms. The van der Waals surface area contributed by atoms with Crippen LogP contribution in [-0.2, 0) is 19.5 Å². The van der Waals surface area contributed by atoms with Gasteiger partial charge in [-0.05, 0) is 31.0 Å². The molecule has 0 saturated carbocycles. The summed E-state index contributed by atoms with van der Waals surface area (Å²) >= 11 is 0. The van der Waals surface area contributed by atoms with Crippen LogP contribution in [0.2, 0.25) is 0 Å². The van der Waals surface area contributed by atoms with Gasteiger partial charge in [-0.1, -0.05) is 24.3 Å². The van der Waals surface area contributed by atoms with E-state index < -0.39 is 0 Å². The minimum absolute atomic E-state index is 0.106. The Morgan fingerprint density at radius 1 is 1.37 bits per heavy atom. The van der Waals surface area contributed by atoms with Gasteiger partial charge in [-0.25, -0.2) is 4.98 Å². The number of hydrogen-bond acceptors (Lipinski definition) is 3. The molecule has 0 radical (unpaired) electrons. The maximum absolute atomic E-state index is 12.4. The number of nitrogens with one attached hydrogen (secondary N) is 1. The van der Waals surface area contributed by atoms with Gasteiger partial charge < -0.3 is 5.32 Å². The molecule has 0 bridgehead atoms. The number of aryl methyl sites for hydroxylation is 1. The van der Waals surface area contributed by atoms with Crippen LogP contribution < -0.4 is 10.9 Å². The third-order valence-electron chi connectivity index (χ3n) is 3.67. The number of aromatic nitrogens is 2. The molecule has 0 unspecified atom stereocenters. The van der Waals surface area contributed by atoms with E-state index >= 15 is 0 Å². The summed E-state index contributed by atoms with van der Waals surface area (Å²) in [5.41, 5.74) is 4.25. The van der Waals surface area contributed by atoms with Crippen LogP contribution >= 0.6 is 0 Å². The normalized spacial score (nSPS) is 14.2. The summed E-state index contributed by atoms with van der Waals surface area (Å²) in [6, 6.07) is 8.14. The van der Waals surface area contributed by atoms with Crippen LogP contribution in [0, 0.1) is 6.92 Å². The molecule has 0 aliphatic carbocycles. The number of nitrogens with zero attached hydrogens (tertiary/aromatic N) is 2. The highest BCUT2D eigenvalue weighted by Crippen LogP contribution is 2.10. The fourth-order valence-electron chi connectivity index (χ4n) is 2.47. The highest BCUT2D eigenvalue weighted by Gasteiger charge is 2.15. The minimum Gasteiger partial charge on any atom is -0.311 e. The number of rotatable bonds is 2. The summed E-state index contributed by atoms with van der Waals surface area (Å²) in [5, 5.41) is 3.24. The van der Waals surface area contributed by atoms with Crippen molar-refractivity contribution in [2.75, 3.05) is 6.54 Å². The van der Waals surface area contributed by atoms with Crippen LogP contribution in [0.5, 0.6) is 0 Å². The SMILES string of the molecule is Cc1ccccc1Cn1cnc2c(c1=O)CCNC2. The zero-order valence-corrected chi connectivity index (χ0v) is 11.0. The molecular weight excluding hydrogens is 238 g/mol. The molecule has 1 aliphatic rings. The number of hydrogen-bond donors (Lipinski definition) is 1. The molecule has 4 nitrogen and oxygen atoms in total. The summed E-state index contributed by atoms with van der Waals surface area (Å²) < 4.78 is 1.71. The molecule has 3 rings (SSSR count). The zero-order chi connectivity index (χ0) is 13.2. The monoisotopic (exact) mass is 255 g/mol. The largest absolute Gasteiger partial charge is 0.311 e. The van der Waals surface area contributed by atoms with E-state index in [1.54, 1.807) is 10.9 Å². The maximum atomic E-state index is 12.4. The van der Waals surface area contributed by atoms with E-state index in [-0.39, 0.29) is 5.56 Å². The maximum Gasteiger partial charge on any atom is 0.257 e. The van der Waals surface area contributed by atoms with Gasteiger partial charge in [0.25, 0.3) is 5.56 Å². The Kier molecular flexibility index (Phi) is 3.17. The first-order valence-corrected chi connectivity index (χ1v) is 6.58. The van der Waals surface area contributed by atoms with Crippen molar-refractivity contribution >= 4 is 0 Å². The van der Waals surface area contributed by atoms with Gasteiger partial charge >= 0.3 is 0 Å². The van der Waals surface area contributed by atoms with Gasteiger partial charge in [-0.3, -0.25) is 9.36 Å². The Morgan fingerprint density at radius 2 is 2.21 bits per heavy atom. The van der Waals surface area contributed by atoms with Crippen molar-refractivity contribution in [2.45, 2.75) is 26.4 Å². The average Bonchev–Trinajstić information content (AvgIpc) is 2.44. The Bertz CT molecular complexity index is 661. The summed E-state index contributed by atoms with van der Waals surface area (Å²) in [7, 11) is 0. The van der Waals surface area contributed by atoms with Crippen LogP contribution in [0.4, 0.5) is 0 Å². The molecule has 0 atom stereocenters. The van der Waals surface area contributed by atoms with Crippen LogP contribution in [0.25, 0.3) is 0 Å². The van der Waals surface area contributed by atoms with E-state index in [0.29, 0.717) is 13.1 Å². The quantitative estimate of drug-likeness (QED) is 0.878. The first kappa shape index (κ1) is 12.1. The molecule has 0 fully saturated rings. The van der Waals surface area contributed by atoms with Crippen molar-refractivity contribution in [3.63, 3.8) is 0 Å². The van der Waals surface area contributed by atoms with E-state index in [2.05, 4.69) is 29.4 Å². The molecule has 1 aromatic heterocycles. The van der Waals surface area contributed by atoms with Crippen LogP contribution in [0.15, 0.2) is 35.4 Å². The smallest absolute Gasteiger partial charge is 0.257 e. The Morgan fingerprint density at radius 3 is 3.05 bits per heavy atom. The lowest BCUT2D eigenvalue weighted by atomic mass is 10.1. The van der Waals surface area contributed by atoms with Crippen molar-refractivity contribution in [2.24, 2.45) is 0 Å². The lowest BCUT2D eigenvalue weighted by molar-refractivity contribution is 0.596. The average molecular weight is 255 g/mol. The molecule has 0 amide bonds. The Balaban J connectivity index is 1.98. The van der Waals surface area contributed by atoms with E-state index in [1.807, 2.05) is 12.1 Å². The van der Waals surface area contributed by atoms with Gasteiger partial charge in [0.2, 0.25) is 0 Å². The molecule has 1 aromatic carbocycles. The van der Waals surface area contributed by atoms with Gasteiger partial charge in [0.15, 0.2) is 0 Å². The lowest BCUT2D eigenvalue weighted by Gasteiger charge is -2.17. The summed E-state index contributed by atoms with van der Waals surface area (Å²) in [4.78, 5) is 16.8. The molecule has 2 heterocycles. The van der Waals surface area contributed by atoms with Crippen molar-refractivity contribution in [3.8, 4) is 0 Å².